The Hall–Kier alpha value is -2.46. The monoisotopic (exact) mass is 301 g/mol. The summed E-state index contributed by atoms with van der Waals surface area (Å²) >= 11 is 5.89. The predicted molar refractivity (Wildman–Crippen MR) is 81.0 cm³/mol. The van der Waals surface area contributed by atoms with Crippen LogP contribution in [0.1, 0.15) is 16.1 Å². The Morgan fingerprint density at radius 2 is 2.00 bits per heavy atom. The molecule has 0 aliphatic rings. The number of H-pyrrole nitrogens is 1. The van der Waals surface area contributed by atoms with Crippen LogP contribution in [-0.4, -0.2) is 16.1 Å². The first-order valence-electron chi connectivity index (χ1n) is 6.36. The van der Waals surface area contributed by atoms with Gasteiger partial charge in [0.1, 0.15) is 12.4 Å². The Balaban J connectivity index is 1.85. The van der Waals surface area contributed by atoms with Crippen LogP contribution in [0.15, 0.2) is 48.5 Å². The highest BCUT2D eigenvalue weighted by atomic mass is 35.5. The maximum Gasteiger partial charge on any atom is 0.336 e. The molecule has 106 valence electrons. The Bertz CT molecular complexity index is 810. The number of ether oxygens (including phenoxy) is 1. The molecule has 0 atom stereocenters. The second-order valence-electron chi connectivity index (χ2n) is 4.61. The lowest BCUT2D eigenvalue weighted by Gasteiger charge is -2.04. The van der Waals surface area contributed by atoms with Crippen molar-refractivity contribution in [2.45, 2.75) is 6.61 Å². The summed E-state index contributed by atoms with van der Waals surface area (Å²) in [5, 5.41) is 10.5. The lowest BCUT2D eigenvalue weighted by molar-refractivity contribution is 0.0699. The number of carboxylic acid groups (broad SMARTS) is 1. The summed E-state index contributed by atoms with van der Waals surface area (Å²) < 4.78 is 5.64. The van der Waals surface area contributed by atoms with E-state index in [0.29, 0.717) is 22.8 Å². The van der Waals surface area contributed by atoms with E-state index in [4.69, 9.17) is 16.3 Å². The van der Waals surface area contributed by atoms with Crippen molar-refractivity contribution < 1.29 is 14.6 Å². The van der Waals surface area contributed by atoms with Crippen LogP contribution in [-0.2, 0) is 6.61 Å². The van der Waals surface area contributed by atoms with Crippen LogP contribution in [0, 0.1) is 0 Å². The van der Waals surface area contributed by atoms with E-state index in [1.165, 1.54) is 0 Å². The number of nitrogens with one attached hydrogen (secondary N) is 1. The number of rotatable bonds is 4. The second kappa shape index (κ2) is 5.50. The maximum atomic E-state index is 11.2. The number of carbonyl (C=O) groups is 1. The Kier molecular flexibility index (Phi) is 3.54. The van der Waals surface area contributed by atoms with Gasteiger partial charge in [-0.1, -0.05) is 23.7 Å². The van der Waals surface area contributed by atoms with Crippen molar-refractivity contribution in [1.82, 2.24) is 4.98 Å². The molecule has 0 unspecified atom stereocenters. The molecule has 0 aliphatic heterocycles. The van der Waals surface area contributed by atoms with Crippen molar-refractivity contribution in [3.8, 4) is 5.75 Å². The number of aromatic amines is 1. The average molecular weight is 302 g/mol. The molecule has 3 rings (SSSR count). The zero-order valence-electron chi connectivity index (χ0n) is 11.0. The van der Waals surface area contributed by atoms with Crippen molar-refractivity contribution in [2.24, 2.45) is 0 Å². The molecule has 21 heavy (non-hydrogen) atoms. The van der Waals surface area contributed by atoms with Crippen LogP contribution in [0.25, 0.3) is 10.9 Å². The van der Waals surface area contributed by atoms with E-state index in [-0.39, 0.29) is 5.56 Å². The fraction of sp³-hybridized carbons (Fsp3) is 0.0625. The Morgan fingerprint density at radius 3 is 2.76 bits per heavy atom. The summed E-state index contributed by atoms with van der Waals surface area (Å²) in [4.78, 5) is 14.3. The van der Waals surface area contributed by atoms with Crippen LogP contribution in [0.4, 0.5) is 0 Å². The molecular weight excluding hydrogens is 290 g/mol. The van der Waals surface area contributed by atoms with Gasteiger partial charge >= 0.3 is 5.97 Å². The van der Waals surface area contributed by atoms with Crippen LogP contribution in [0.2, 0.25) is 5.02 Å². The lowest BCUT2D eigenvalue weighted by Crippen LogP contribution is -1.95. The van der Waals surface area contributed by atoms with Gasteiger partial charge in [0.2, 0.25) is 0 Å². The quantitative estimate of drug-likeness (QED) is 0.762. The van der Waals surface area contributed by atoms with Gasteiger partial charge in [0.15, 0.2) is 0 Å². The second-order valence-corrected chi connectivity index (χ2v) is 5.05. The van der Waals surface area contributed by atoms with Crippen molar-refractivity contribution in [1.29, 1.82) is 0 Å². The van der Waals surface area contributed by atoms with Crippen LogP contribution < -0.4 is 4.74 Å². The zero-order chi connectivity index (χ0) is 14.8. The molecule has 3 aromatic rings. The number of fused-ring (bicyclic) bond motifs is 1. The highest BCUT2D eigenvalue weighted by molar-refractivity contribution is 6.30. The molecule has 0 aliphatic carbocycles. The third kappa shape index (κ3) is 2.85. The number of aromatic nitrogens is 1. The number of benzene rings is 2. The molecule has 2 N–H and O–H groups in total. The van der Waals surface area contributed by atoms with Gasteiger partial charge in [0, 0.05) is 15.9 Å². The van der Waals surface area contributed by atoms with Gasteiger partial charge in [-0.3, -0.25) is 0 Å². The van der Waals surface area contributed by atoms with Crippen molar-refractivity contribution in [3.63, 3.8) is 0 Å². The minimum absolute atomic E-state index is 0.276. The maximum absolute atomic E-state index is 11.2. The summed E-state index contributed by atoms with van der Waals surface area (Å²) in [5.74, 6) is -0.276. The first-order chi connectivity index (χ1) is 10.1. The Labute approximate surface area is 125 Å². The molecule has 1 aromatic heterocycles. The van der Waals surface area contributed by atoms with Gasteiger partial charge in [-0.2, -0.15) is 0 Å². The largest absolute Gasteiger partial charge is 0.487 e. The van der Waals surface area contributed by atoms with Crippen LogP contribution in [0.5, 0.6) is 5.75 Å². The van der Waals surface area contributed by atoms with Crippen LogP contribution in [0.3, 0.4) is 0 Å². The molecule has 2 aromatic carbocycles. The normalized spacial score (nSPS) is 10.7. The third-order valence-electron chi connectivity index (χ3n) is 3.14. The SMILES string of the molecule is O=C(O)c1cccc2[nH]c(COc3cccc(Cl)c3)cc12. The fourth-order valence-electron chi connectivity index (χ4n) is 2.20. The summed E-state index contributed by atoms with van der Waals surface area (Å²) in [6.07, 6.45) is 0. The topological polar surface area (TPSA) is 62.3 Å². The van der Waals surface area contributed by atoms with Crippen molar-refractivity contribution in [2.75, 3.05) is 0 Å². The fourth-order valence-corrected chi connectivity index (χ4v) is 2.38. The van der Waals surface area contributed by atoms with E-state index in [1.54, 1.807) is 30.3 Å². The molecule has 0 bridgehead atoms. The van der Waals surface area contributed by atoms with E-state index in [2.05, 4.69) is 4.98 Å². The molecule has 5 heteroatoms. The molecule has 0 amide bonds. The number of hydrogen-bond acceptors (Lipinski definition) is 2. The lowest BCUT2D eigenvalue weighted by atomic mass is 10.1. The highest BCUT2D eigenvalue weighted by Crippen LogP contribution is 2.22. The van der Waals surface area contributed by atoms with E-state index in [0.717, 1.165) is 11.2 Å². The summed E-state index contributed by atoms with van der Waals surface area (Å²) in [5.41, 5.74) is 1.86. The highest BCUT2D eigenvalue weighted by Gasteiger charge is 2.10. The van der Waals surface area contributed by atoms with Gasteiger partial charge in [0.05, 0.1) is 11.3 Å². The van der Waals surface area contributed by atoms with Gasteiger partial charge in [-0.15, -0.1) is 0 Å². The minimum Gasteiger partial charge on any atom is -0.487 e. The molecule has 1 heterocycles. The summed E-state index contributed by atoms with van der Waals surface area (Å²) in [7, 11) is 0. The average Bonchev–Trinajstić information content (AvgIpc) is 2.87. The predicted octanol–water partition coefficient (Wildman–Crippen LogP) is 4.10. The molecule has 0 saturated heterocycles. The van der Waals surface area contributed by atoms with E-state index in [1.807, 2.05) is 18.2 Å². The first kappa shape index (κ1) is 13.5. The van der Waals surface area contributed by atoms with E-state index >= 15 is 0 Å². The number of aromatic carboxylic acids is 1. The first-order valence-corrected chi connectivity index (χ1v) is 6.73. The molecule has 0 spiro atoms. The Morgan fingerprint density at radius 1 is 1.19 bits per heavy atom. The van der Waals surface area contributed by atoms with Gasteiger partial charge in [0.25, 0.3) is 0 Å². The number of hydrogen-bond donors (Lipinski definition) is 2. The minimum atomic E-state index is -0.943. The molecular formula is C16H12ClNO3. The number of halogens is 1. The van der Waals surface area contributed by atoms with Gasteiger partial charge < -0.3 is 14.8 Å². The third-order valence-corrected chi connectivity index (χ3v) is 3.38. The van der Waals surface area contributed by atoms with Gasteiger partial charge in [-0.05, 0) is 36.4 Å². The van der Waals surface area contributed by atoms with Crippen molar-refractivity contribution in [3.05, 3.63) is 64.8 Å². The van der Waals surface area contributed by atoms with E-state index in [9.17, 15) is 9.90 Å². The molecule has 0 radical (unpaired) electrons. The van der Waals surface area contributed by atoms with Gasteiger partial charge in [-0.25, -0.2) is 4.79 Å². The van der Waals surface area contributed by atoms with Crippen molar-refractivity contribution >= 4 is 28.5 Å². The standard InChI is InChI=1S/C16H12ClNO3/c17-10-3-1-4-12(7-10)21-9-11-8-14-13(16(19)20)5-2-6-15(14)18-11/h1-8,18H,9H2,(H,19,20). The number of carboxylic acids is 1. The summed E-state index contributed by atoms with van der Waals surface area (Å²) in [6.45, 7) is 0.314. The van der Waals surface area contributed by atoms with Crippen LogP contribution >= 0.6 is 11.6 Å². The smallest absolute Gasteiger partial charge is 0.336 e. The molecule has 0 fully saturated rings. The molecule has 0 saturated carbocycles. The zero-order valence-corrected chi connectivity index (χ0v) is 11.7. The molecule has 4 nitrogen and oxygen atoms in total. The van der Waals surface area contributed by atoms with E-state index < -0.39 is 5.97 Å². The summed E-state index contributed by atoms with van der Waals surface area (Å²) in [6, 6.07) is 14.1.